The van der Waals surface area contributed by atoms with E-state index in [-0.39, 0.29) is 13.0 Å². The third-order valence-electron chi connectivity index (χ3n) is 3.60. The Morgan fingerprint density at radius 3 is 1.88 bits per heavy atom. The van der Waals surface area contributed by atoms with Gasteiger partial charge in [0.15, 0.2) is 0 Å². The van der Waals surface area contributed by atoms with Gasteiger partial charge < -0.3 is 34.9 Å². The Labute approximate surface area is 190 Å². The molecule has 0 spiro atoms. The molecule has 3 amide bonds. The van der Waals surface area contributed by atoms with Crippen molar-refractivity contribution in [2.24, 2.45) is 0 Å². The quantitative estimate of drug-likeness (QED) is 0.297. The Morgan fingerprint density at radius 2 is 1.31 bits per heavy atom. The fourth-order valence-electron chi connectivity index (χ4n) is 2.30. The van der Waals surface area contributed by atoms with Gasteiger partial charge in [-0.15, -0.1) is 0 Å². The van der Waals surface area contributed by atoms with Crippen molar-refractivity contribution < 1.29 is 38.5 Å². The molecule has 0 saturated heterocycles. The second-order valence-electron chi connectivity index (χ2n) is 9.16. The Morgan fingerprint density at radius 1 is 0.781 bits per heavy atom. The number of nitrogens with one attached hydrogen (secondary N) is 2. The molecule has 0 aliphatic heterocycles. The van der Waals surface area contributed by atoms with Crippen LogP contribution >= 0.6 is 0 Å². The largest absolute Gasteiger partial charge is 0.481 e. The Bertz CT molecular complexity index is 611. The van der Waals surface area contributed by atoms with Gasteiger partial charge in [-0.1, -0.05) is 0 Å². The van der Waals surface area contributed by atoms with Gasteiger partial charge in [-0.3, -0.25) is 4.79 Å². The standard InChI is InChI=1S/C21H39N3O8/c1-20(2,3)31-18(28)23-12-9-14-24(19(29)32-21(4,5)6)13-8-7-11-22-17(27)30-15-10-16(25)26/h7-15H2,1-6H3,(H,22,27)(H,23,28)(H,25,26). The van der Waals surface area contributed by atoms with Gasteiger partial charge in [0.1, 0.15) is 17.8 Å². The minimum atomic E-state index is -1.04. The number of carbonyl (C=O) groups excluding carboxylic acids is 3. The molecule has 11 nitrogen and oxygen atoms in total. The van der Waals surface area contributed by atoms with Crippen LogP contribution in [0.1, 0.15) is 67.2 Å². The van der Waals surface area contributed by atoms with Gasteiger partial charge >= 0.3 is 24.2 Å². The lowest BCUT2D eigenvalue weighted by atomic mass is 10.2. The molecule has 186 valence electrons. The molecule has 3 N–H and O–H groups in total. The summed E-state index contributed by atoms with van der Waals surface area (Å²) in [4.78, 5) is 47.6. The highest BCUT2D eigenvalue weighted by Gasteiger charge is 2.22. The van der Waals surface area contributed by atoms with Crippen molar-refractivity contribution in [3.63, 3.8) is 0 Å². The van der Waals surface area contributed by atoms with E-state index in [0.717, 1.165) is 0 Å². The van der Waals surface area contributed by atoms with Crippen molar-refractivity contribution >= 4 is 24.2 Å². The zero-order valence-corrected chi connectivity index (χ0v) is 20.1. The lowest BCUT2D eigenvalue weighted by Gasteiger charge is -2.27. The van der Waals surface area contributed by atoms with Crippen molar-refractivity contribution in [1.29, 1.82) is 0 Å². The van der Waals surface area contributed by atoms with E-state index >= 15 is 0 Å². The first-order chi connectivity index (χ1) is 14.7. The molecule has 0 aliphatic rings. The van der Waals surface area contributed by atoms with Gasteiger partial charge in [-0.2, -0.15) is 0 Å². The maximum atomic E-state index is 12.5. The number of ether oxygens (including phenoxy) is 3. The average molecular weight is 462 g/mol. The van der Waals surface area contributed by atoms with Gasteiger partial charge in [0, 0.05) is 26.2 Å². The second-order valence-corrected chi connectivity index (χ2v) is 9.16. The first-order valence-corrected chi connectivity index (χ1v) is 10.8. The fourth-order valence-corrected chi connectivity index (χ4v) is 2.30. The summed E-state index contributed by atoms with van der Waals surface area (Å²) >= 11 is 0. The number of carboxylic acids is 1. The lowest BCUT2D eigenvalue weighted by Crippen LogP contribution is -2.39. The van der Waals surface area contributed by atoms with Crippen molar-refractivity contribution in [2.75, 3.05) is 32.8 Å². The lowest BCUT2D eigenvalue weighted by molar-refractivity contribution is -0.137. The number of carbonyl (C=O) groups is 4. The minimum Gasteiger partial charge on any atom is -0.481 e. The molecule has 0 atom stereocenters. The summed E-state index contributed by atoms with van der Waals surface area (Å²) in [6.07, 6.45) is -0.174. The van der Waals surface area contributed by atoms with E-state index < -0.39 is 35.5 Å². The van der Waals surface area contributed by atoms with Crippen LogP contribution in [0.4, 0.5) is 14.4 Å². The maximum Gasteiger partial charge on any atom is 0.410 e. The van der Waals surface area contributed by atoms with Crippen LogP contribution in [-0.4, -0.2) is 78.2 Å². The molecule has 0 saturated carbocycles. The predicted octanol–water partition coefficient (Wildman–Crippen LogP) is 3.12. The molecule has 0 rings (SSSR count). The third kappa shape index (κ3) is 18.1. The van der Waals surface area contributed by atoms with E-state index in [1.807, 2.05) is 0 Å². The summed E-state index contributed by atoms with van der Waals surface area (Å²) in [5, 5.41) is 13.7. The summed E-state index contributed by atoms with van der Waals surface area (Å²) < 4.78 is 15.3. The zero-order chi connectivity index (χ0) is 24.8. The summed E-state index contributed by atoms with van der Waals surface area (Å²) in [6, 6.07) is 0. The average Bonchev–Trinajstić information content (AvgIpc) is 2.59. The highest BCUT2D eigenvalue weighted by molar-refractivity contribution is 5.69. The molecule has 32 heavy (non-hydrogen) atoms. The van der Waals surface area contributed by atoms with Crippen LogP contribution in [0.25, 0.3) is 0 Å². The molecule has 11 heteroatoms. The van der Waals surface area contributed by atoms with E-state index in [1.54, 1.807) is 46.4 Å². The molecule has 0 aliphatic carbocycles. The van der Waals surface area contributed by atoms with Crippen LogP contribution in [0, 0.1) is 0 Å². The zero-order valence-electron chi connectivity index (χ0n) is 20.1. The predicted molar refractivity (Wildman–Crippen MR) is 117 cm³/mol. The van der Waals surface area contributed by atoms with E-state index in [0.29, 0.717) is 45.4 Å². The van der Waals surface area contributed by atoms with Gasteiger partial charge in [-0.25, -0.2) is 14.4 Å². The molecule has 0 heterocycles. The number of aliphatic carboxylic acids is 1. The topological polar surface area (TPSA) is 144 Å². The first-order valence-electron chi connectivity index (χ1n) is 10.8. The fraction of sp³-hybridized carbons (Fsp3) is 0.810. The van der Waals surface area contributed by atoms with Crippen LogP contribution in [0.15, 0.2) is 0 Å². The number of alkyl carbamates (subject to hydrolysis) is 2. The molecule has 0 aromatic carbocycles. The number of amides is 3. The monoisotopic (exact) mass is 461 g/mol. The van der Waals surface area contributed by atoms with Crippen LogP contribution in [0.3, 0.4) is 0 Å². The molecule has 0 bridgehead atoms. The van der Waals surface area contributed by atoms with Crippen molar-refractivity contribution in [1.82, 2.24) is 15.5 Å². The highest BCUT2D eigenvalue weighted by Crippen LogP contribution is 2.11. The summed E-state index contributed by atoms with van der Waals surface area (Å²) in [6.45, 7) is 12.0. The summed E-state index contributed by atoms with van der Waals surface area (Å²) in [7, 11) is 0. The second kappa shape index (κ2) is 14.4. The van der Waals surface area contributed by atoms with Crippen LogP contribution in [0.5, 0.6) is 0 Å². The number of rotatable bonds is 12. The van der Waals surface area contributed by atoms with Crippen LogP contribution in [-0.2, 0) is 19.0 Å². The number of hydrogen-bond acceptors (Lipinski definition) is 7. The number of carboxylic acid groups (broad SMARTS) is 1. The molecule has 0 aromatic heterocycles. The van der Waals surface area contributed by atoms with E-state index in [9.17, 15) is 19.2 Å². The molecule has 0 unspecified atom stereocenters. The third-order valence-corrected chi connectivity index (χ3v) is 3.60. The smallest absolute Gasteiger partial charge is 0.410 e. The van der Waals surface area contributed by atoms with Gasteiger partial charge in [0.2, 0.25) is 0 Å². The van der Waals surface area contributed by atoms with Crippen molar-refractivity contribution in [3.8, 4) is 0 Å². The van der Waals surface area contributed by atoms with E-state index in [1.165, 1.54) is 0 Å². The first kappa shape index (κ1) is 29.3. The summed E-state index contributed by atoms with van der Waals surface area (Å²) in [5.74, 6) is -1.04. The highest BCUT2D eigenvalue weighted by atomic mass is 16.6. The Kier molecular flexibility index (Phi) is 13.1. The van der Waals surface area contributed by atoms with Crippen LogP contribution in [0.2, 0.25) is 0 Å². The molecule has 0 aromatic rings. The molecule has 0 radical (unpaired) electrons. The summed E-state index contributed by atoms with van der Waals surface area (Å²) in [5.41, 5.74) is -1.21. The number of unbranched alkanes of at least 4 members (excludes halogenated alkanes) is 1. The minimum absolute atomic E-state index is 0.190. The van der Waals surface area contributed by atoms with Crippen LogP contribution < -0.4 is 10.6 Å². The molecule has 0 fully saturated rings. The SMILES string of the molecule is CC(C)(C)OC(=O)NCCCN(CCCCNC(=O)OCCC(=O)O)C(=O)OC(C)(C)C. The maximum absolute atomic E-state index is 12.5. The Balaban J connectivity index is 4.36. The number of hydrogen-bond donors (Lipinski definition) is 3. The Hall–Kier alpha value is -2.72. The van der Waals surface area contributed by atoms with Crippen molar-refractivity contribution in [2.45, 2.75) is 78.4 Å². The van der Waals surface area contributed by atoms with E-state index in [4.69, 9.17) is 19.3 Å². The van der Waals surface area contributed by atoms with Gasteiger partial charge in [0.25, 0.3) is 0 Å². The van der Waals surface area contributed by atoms with E-state index in [2.05, 4.69) is 10.6 Å². The molecular weight excluding hydrogens is 422 g/mol. The number of nitrogens with zero attached hydrogens (tertiary/aromatic N) is 1. The van der Waals surface area contributed by atoms with Gasteiger partial charge in [-0.05, 0) is 60.8 Å². The normalized spacial score (nSPS) is 11.3. The van der Waals surface area contributed by atoms with Crippen molar-refractivity contribution in [3.05, 3.63) is 0 Å². The molecular formula is C21H39N3O8. The van der Waals surface area contributed by atoms with Gasteiger partial charge in [0.05, 0.1) is 6.42 Å².